The Morgan fingerprint density at radius 1 is 1.16 bits per heavy atom. The molecular formula is C21H26N2O2. The first-order valence-electron chi connectivity index (χ1n) is 8.96. The highest BCUT2D eigenvalue weighted by atomic mass is 16.5. The molecule has 2 aromatic rings. The molecule has 2 amide bonds. The molecule has 0 radical (unpaired) electrons. The van der Waals surface area contributed by atoms with Crippen LogP contribution in [0, 0.1) is 0 Å². The average Bonchev–Trinajstić information content (AvgIpc) is 2.65. The summed E-state index contributed by atoms with van der Waals surface area (Å²) in [6, 6.07) is 16.4. The molecule has 1 aliphatic heterocycles. The molecule has 4 heteroatoms. The van der Waals surface area contributed by atoms with Gasteiger partial charge >= 0.3 is 6.03 Å². The molecule has 0 aromatic heterocycles. The van der Waals surface area contributed by atoms with Crippen LogP contribution >= 0.6 is 0 Å². The summed E-state index contributed by atoms with van der Waals surface area (Å²) in [6.07, 6.45) is 0.919. The van der Waals surface area contributed by atoms with Gasteiger partial charge in [0.05, 0.1) is 6.54 Å². The van der Waals surface area contributed by atoms with E-state index in [2.05, 4.69) is 49.5 Å². The first-order valence-corrected chi connectivity index (χ1v) is 8.96. The van der Waals surface area contributed by atoms with Gasteiger partial charge in [-0.2, -0.15) is 0 Å². The molecule has 0 aliphatic carbocycles. The maximum Gasteiger partial charge on any atom is 0.317 e. The molecule has 0 saturated heterocycles. The molecule has 1 aliphatic rings. The van der Waals surface area contributed by atoms with Crippen molar-refractivity contribution in [3.63, 3.8) is 0 Å². The molecule has 1 heterocycles. The van der Waals surface area contributed by atoms with Crippen LogP contribution in [0.4, 0.5) is 4.79 Å². The van der Waals surface area contributed by atoms with E-state index in [-0.39, 0.29) is 6.03 Å². The van der Waals surface area contributed by atoms with Crippen LogP contribution in [-0.4, -0.2) is 30.6 Å². The smallest absolute Gasteiger partial charge is 0.317 e. The lowest BCUT2D eigenvalue weighted by molar-refractivity contribution is 0.189. The van der Waals surface area contributed by atoms with E-state index < -0.39 is 0 Å². The van der Waals surface area contributed by atoms with Gasteiger partial charge in [0.1, 0.15) is 12.4 Å². The first kappa shape index (κ1) is 17.3. The van der Waals surface area contributed by atoms with Crippen molar-refractivity contribution in [1.82, 2.24) is 10.2 Å². The Morgan fingerprint density at radius 2 is 1.96 bits per heavy atom. The van der Waals surface area contributed by atoms with Gasteiger partial charge in [0.25, 0.3) is 0 Å². The van der Waals surface area contributed by atoms with Crippen molar-refractivity contribution >= 4 is 6.03 Å². The van der Waals surface area contributed by atoms with E-state index in [1.54, 1.807) is 0 Å². The molecule has 0 fully saturated rings. The molecule has 0 spiro atoms. The Morgan fingerprint density at radius 3 is 2.76 bits per heavy atom. The van der Waals surface area contributed by atoms with Crippen molar-refractivity contribution < 1.29 is 9.53 Å². The maximum atomic E-state index is 12.3. The van der Waals surface area contributed by atoms with Gasteiger partial charge in [0.2, 0.25) is 0 Å². The highest BCUT2D eigenvalue weighted by molar-refractivity contribution is 5.74. The quantitative estimate of drug-likeness (QED) is 0.839. The third-order valence-electron chi connectivity index (χ3n) is 4.59. The third-order valence-corrected chi connectivity index (χ3v) is 4.59. The number of fused-ring (bicyclic) bond motifs is 1. The maximum absolute atomic E-state index is 12.3. The van der Waals surface area contributed by atoms with E-state index in [9.17, 15) is 4.79 Å². The van der Waals surface area contributed by atoms with Crippen LogP contribution in [0.5, 0.6) is 5.75 Å². The largest absolute Gasteiger partial charge is 0.492 e. The lowest BCUT2D eigenvalue weighted by Crippen LogP contribution is -2.43. The van der Waals surface area contributed by atoms with E-state index in [0.717, 1.165) is 18.7 Å². The van der Waals surface area contributed by atoms with E-state index in [0.29, 0.717) is 25.6 Å². The van der Waals surface area contributed by atoms with Crippen molar-refractivity contribution in [1.29, 1.82) is 0 Å². The molecule has 1 N–H and O–H groups in total. The van der Waals surface area contributed by atoms with Crippen LogP contribution in [-0.2, 0) is 13.0 Å². The summed E-state index contributed by atoms with van der Waals surface area (Å²) in [5.74, 6) is 1.33. The normalized spacial score (nSPS) is 13.5. The van der Waals surface area contributed by atoms with E-state index in [4.69, 9.17) is 4.74 Å². The monoisotopic (exact) mass is 338 g/mol. The highest BCUT2D eigenvalue weighted by Gasteiger charge is 2.19. The van der Waals surface area contributed by atoms with Crippen molar-refractivity contribution in [3.8, 4) is 5.75 Å². The molecule has 3 rings (SSSR count). The second-order valence-electron chi connectivity index (χ2n) is 6.75. The van der Waals surface area contributed by atoms with Crippen LogP contribution in [0.2, 0.25) is 0 Å². The molecule has 25 heavy (non-hydrogen) atoms. The fourth-order valence-electron chi connectivity index (χ4n) is 3.07. The van der Waals surface area contributed by atoms with Gasteiger partial charge in [-0.1, -0.05) is 50.2 Å². The molecule has 0 unspecified atom stereocenters. The van der Waals surface area contributed by atoms with E-state index >= 15 is 0 Å². The second-order valence-corrected chi connectivity index (χ2v) is 6.75. The molecule has 132 valence electrons. The van der Waals surface area contributed by atoms with Gasteiger partial charge in [-0.25, -0.2) is 4.79 Å². The number of carbonyl (C=O) groups is 1. The minimum atomic E-state index is -0.0194. The third kappa shape index (κ3) is 4.53. The second kappa shape index (κ2) is 8.06. The van der Waals surface area contributed by atoms with Crippen LogP contribution in [0.3, 0.4) is 0 Å². The summed E-state index contributed by atoms with van der Waals surface area (Å²) >= 11 is 0. The Kier molecular flexibility index (Phi) is 5.59. The Hall–Kier alpha value is -2.49. The summed E-state index contributed by atoms with van der Waals surface area (Å²) in [6.45, 7) is 6.74. The van der Waals surface area contributed by atoms with Crippen LogP contribution < -0.4 is 10.1 Å². The minimum absolute atomic E-state index is 0.0194. The minimum Gasteiger partial charge on any atom is -0.492 e. The zero-order chi connectivity index (χ0) is 17.6. The van der Waals surface area contributed by atoms with Crippen LogP contribution in [0.15, 0.2) is 48.5 Å². The molecule has 0 saturated carbocycles. The summed E-state index contributed by atoms with van der Waals surface area (Å²) < 4.78 is 5.76. The summed E-state index contributed by atoms with van der Waals surface area (Å²) in [4.78, 5) is 14.2. The predicted molar refractivity (Wildman–Crippen MR) is 100.0 cm³/mol. The van der Waals surface area contributed by atoms with Crippen LogP contribution in [0.25, 0.3) is 0 Å². The van der Waals surface area contributed by atoms with Crippen molar-refractivity contribution in [2.24, 2.45) is 0 Å². The summed E-state index contributed by atoms with van der Waals surface area (Å²) in [5, 5.41) is 2.95. The van der Waals surface area contributed by atoms with Gasteiger partial charge in [-0.15, -0.1) is 0 Å². The number of benzene rings is 2. The van der Waals surface area contributed by atoms with Gasteiger partial charge in [-0.3, -0.25) is 0 Å². The van der Waals surface area contributed by atoms with Crippen LogP contribution in [0.1, 0.15) is 36.5 Å². The number of hydrogen-bond donors (Lipinski definition) is 1. The van der Waals surface area contributed by atoms with E-state index in [1.165, 1.54) is 16.7 Å². The number of ether oxygens (including phenoxy) is 1. The standard InChI is InChI=1S/C21H26N2O2/c1-16(2)18-8-5-9-20(14-18)25-13-11-22-21(24)23-12-10-17-6-3-4-7-19(17)15-23/h3-9,14,16H,10-13,15H2,1-2H3,(H,22,24). The van der Waals surface area contributed by atoms with Gasteiger partial charge < -0.3 is 15.0 Å². The fraction of sp³-hybridized carbons (Fsp3) is 0.381. The van der Waals surface area contributed by atoms with Crippen molar-refractivity contribution in [2.45, 2.75) is 32.7 Å². The van der Waals surface area contributed by atoms with E-state index in [1.807, 2.05) is 23.1 Å². The summed E-state index contributed by atoms with van der Waals surface area (Å²) in [7, 11) is 0. The number of rotatable bonds is 5. The molecule has 0 bridgehead atoms. The van der Waals surface area contributed by atoms with Gasteiger partial charge in [0.15, 0.2) is 0 Å². The Labute approximate surface area is 149 Å². The lowest BCUT2D eigenvalue weighted by Gasteiger charge is -2.28. The highest BCUT2D eigenvalue weighted by Crippen LogP contribution is 2.20. The lowest BCUT2D eigenvalue weighted by atomic mass is 10.0. The number of nitrogens with one attached hydrogen (secondary N) is 1. The number of carbonyl (C=O) groups excluding carboxylic acids is 1. The summed E-state index contributed by atoms with van der Waals surface area (Å²) in [5.41, 5.74) is 3.85. The average molecular weight is 338 g/mol. The van der Waals surface area contributed by atoms with Crippen molar-refractivity contribution in [2.75, 3.05) is 19.7 Å². The zero-order valence-corrected chi connectivity index (χ0v) is 15.0. The number of hydrogen-bond acceptors (Lipinski definition) is 2. The fourth-order valence-corrected chi connectivity index (χ4v) is 3.07. The van der Waals surface area contributed by atoms with Crippen molar-refractivity contribution in [3.05, 3.63) is 65.2 Å². The van der Waals surface area contributed by atoms with Gasteiger partial charge in [-0.05, 0) is 41.2 Å². The number of amides is 2. The Balaban J connectivity index is 1.44. The molecule has 0 atom stereocenters. The first-order chi connectivity index (χ1) is 12.1. The molecular weight excluding hydrogens is 312 g/mol. The topological polar surface area (TPSA) is 41.6 Å². The number of urea groups is 1. The number of nitrogens with zero attached hydrogens (tertiary/aromatic N) is 1. The Bertz CT molecular complexity index is 727. The zero-order valence-electron chi connectivity index (χ0n) is 15.0. The SMILES string of the molecule is CC(C)c1cccc(OCCNC(=O)N2CCc3ccccc3C2)c1. The van der Waals surface area contributed by atoms with Gasteiger partial charge in [0, 0.05) is 13.1 Å². The predicted octanol–water partition coefficient (Wildman–Crippen LogP) is 3.96. The molecule has 4 nitrogen and oxygen atoms in total. The molecule has 2 aromatic carbocycles.